The zero-order valence-corrected chi connectivity index (χ0v) is 11.2. The maximum Gasteiger partial charge on any atom is 0.175 e. The average Bonchev–Trinajstić information content (AvgIpc) is 2.35. The first-order valence-electron chi connectivity index (χ1n) is 5.34. The van der Waals surface area contributed by atoms with Crippen LogP contribution in [-0.2, 0) is 0 Å². The van der Waals surface area contributed by atoms with Crippen LogP contribution in [0, 0.1) is 11.6 Å². The third-order valence-corrected chi connectivity index (χ3v) is 2.78. The van der Waals surface area contributed by atoms with Crippen LogP contribution in [0.2, 0.25) is 5.02 Å². The number of nitrogens with one attached hydrogen (secondary N) is 2. The molecule has 0 aliphatic carbocycles. The number of benzene rings is 2. The second kappa shape index (κ2) is 5.95. The molecule has 0 fully saturated rings. The first-order chi connectivity index (χ1) is 9.06. The van der Waals surface area contributed by atoms with Gasteiger partial charge < -0.3 is 10.6 Å². The van der Waals surface area contributed by atoms with Gasteiger partial charge in [0.25, 0.3) is 0 Å². The number of halogens is 3. The normalized spacial score (nSPS) is 10.1. The molecule has 0 spiro atoms. The molecule has 6 heteroatoms. The predicted octanol–water partition coefficient (Wildman–Crippen LogP) is 4.43. The van der Waals surface area contributed by atoms with Gasteiger partial charge in [0.15, 0.2) is 10.9 Å². The van der Waals surface area contributed by atoms with Gasteiger partial charge in [-0.15, -0.1) is 0 Å². The van der Waals surface area contributed by atoms with E-state index in [2.05, 4.69) is 10.6 Å². The standard InChI is InChI=1S/C13H9ClF2N2S/c14-10-5-2-6-11(12(10)16)18-13(19)17-9-4-1-3-8(15)7-9/h1-7H,(H2,17,18,19). The lowest BCUT2D eigenvalue weighted by Crippen LogP contribution is -2.19. The molecule has 0 aliphatic heterocycles. The largest absolute Gasteiger partial charge is 0.332 e. The molecule has 0 radical (unpaired) electrons. The minimum absolute atomic E-state index is 0.00134. The summed E-state index contributed by atoms with van der Waals surface area (Å²) in [4.78, 5) is 0. The molecule has 19 heavy (non-hydrogen) atoms. The summed E-state index contributed by atoms with van der Waals surface area (Å²) in [5.74, 6) is -0.978. The highest BCUT2D eigenvalue weighted by molar-refractivity contribution is 7.80. The molecule has 0 unspecified atom stereocenters. The number of thiocarbonyl (C=S) groups is 1. The van der Waals surface area contributed by atoms with Crippen molar-refractivity contribution in [2.24, 2.45) is 0 Å². The minimum Gasteiger partial charge on any atom is -0.332 e. The van der Waals surface area contributed by atoms with E-state index in [1.165, 1.54) is 24.3 Å². The molecule has 98 valence electrons. The van der Waals surface area contributed by atoms with Gasteiger partial charge in [-0.1, -0.05) is 23.7 Å². The van der Waals surface area contributed by atoms with Crippen molar-refractivity contribution in [3.8, 4) is 0 Å². The Balaban J connectivity index is 2.08. The van der Waals surface area contributed by atoms with Crippen LogP contribution in [0.25, 0.3) is 0 Å². The highest BCUT2D eigenvalue weighted by atomic mass is 35.5. The molecular weight excluding hydrogens is 290 g/mol. The zero-order chi connectivity index (χ0) is 13.8. The first-order valence-corrected chi connectivity index (χ1v) is 6.12. The van der Waals surface area contributed by atoms with E-state index in [4.69, 9.17) is 23.8 Å². The van der Waals surface area contributed by atoms with Crippen LogP contribution in [0.5, 0.6) is 0 Å². The van der Waals surface area contributed by atoms with Crippen molar-refractivity contribution >= 4 is 40.3 Å². The van der Waals surface area contributed by atoms with Crippen LogP contribution in [0.4, 0.5) is 20.2 Å². The number of rotatable bonds is 2. The molecule has 0 atom stereocenters. The van der Waals surface area contributed by atoms with Crippen molar-refractivity contribution in [2.75, 3.05) is 10.6 Å². The van der Waals surface area contributed by atoms with E-state index in [0.29, 0.717) is 5.69 Å². The fourth-order valence-corrected chi connectivity index (χ4v) is 1.85. The smallest absolute Gasteiger partial charge is 0.175 e. The van der Waals surface area contributed by atoms with Gasteiger partial charge in [0.1, 0.15) is 5.82 Å². The quantitative estimate of drug-likeness (QED) is 0.802. The van der Waals surface area contributed by atoms with Crippen molar-refractivity contribution in [1.82, 2.24) is 0 Å². The molecule has 0 aliphatic rings. The van der Waals surface area contributed by atoms with E-state index in [1.807, 2.05) is 0 Å². The Kier molecular flexibility index (Phi) is 4.29. The van der Waals surface area contributed by atoms with Crippen LogP contribution in [-0.4, -0.2) is 5.11 Å². The topological polar surface area (TPSA) is 24.1 Å². The molecule has 2 aromatic rings. The van der Waals surface area contributed by atoms with E-state index in [-0.39, 0.29) is 21.6 Å². The predicted molar refractivity (Wildman–Crippen MR) is 77.7 cm³/mol. The van der Waals surface area contributed by atoms with Gasteiger partial charge in [0.05, 0.1) is 10.7 Å². The maximum absolute atomic E-state index is 13.6. The maximum atomic E-state index is 13.6. The fraction of sp³-hybridized carbons (Fsp3) is 0. The second-order valence-electron chi connectivity index (χ2n) is 3.69. The number of anilines is 2. The van der Waals surface area contributed by atoms with Crippen molar-refractivity contribution < 1.29 is 8.78 Å². The van der Waals surface area contributed by atoms with Crippen molar-refractivity contribution in [2.45, 2.75) is 0 Å². The lowest BCUT2D eigenvalue weighted by molar-refractivity contribution is 0.628. The lowest BCUT2D eigenvalue weighted by atomic mass is 10.3. The Morgan fingerprint density at radius 2 is 1.79 bits per heavy atom. The fourth-order valence-electron chi connectivity index (χ4n) is 1.45. The van der Waals surface area contributed by atoms with Crippen LogP contribution in [0.15, 0.2) is 42.5 Å². The van der Waals surface area contributed by atoms with Gasteiger partial charge in [-0.05, 0) is 42.5 Å². The summed E-state index contributed by atoms with van der Waals surface area (Å²) in [5.41, 5.74) is 0.626. The third kappa shape index (κ3) is 3.62. The van der Waals surface area contributed by atoms with Gasteiger partial charge in [-0.25, -0.2) is 8.78 Å². The van der Waals surface area contributed by atoms with E-state index in [1.54, 1.807) is 18.2 Å². The number of hydrogen-bond donors (Lipinski definition) is 2. The first kappa shape index (κ1) is 13.7. The van der Waals surface area contributed by atoms with Crippen LogP contribution in [0.3, 0.4) is 0 Å². The average molecular weight is 299 g/mol. The molecule has 0 saturated heterocycles. The summed E-state index contributed by atoms with van der Waals surface area (Å²) in [7, 11) is 0. The summed E-state index contributed by atoms with van der Waals surface area (Å²) in [6, 6.07) is 10.3. The van der Waals surface area contributed by atoms with E-state index >= 15 is 0 Å². The Labute approximate surface area is 119 Å². The van der Waals surface area contributed by atoms with E-state index in [0.717, 1.165) is 0 Å². The molecule has 2 nitrogen and oxygen atoms in total. The minimum atomic E-state index is -0.590. The zero-order valence-electron chi connectivity index (χ0n) is 9.58. The van der Waals surface area contributed by atoms with Gasteiger partial charge in [-0.3, -0.25) is 0 Å². The molecule has 0 heterocycles. The molecule has 0 aromatic heterocycles. The Bertz CT molecular complexity index is 619. The SMILES string of the molecule is Fc1cccc(NC(=S)Nc2cccc(Cl)c2F)c1. The third-order valence-electron chi connectivity index (χ3n) is 2.28. The summed E-state index contributed by atoms with van der Waals surface area (Å²) in [6.45, 7) is 0. The van der Waals surface area contributed by atoms with Crippen LogP contribution >= 0.6 is 23.8 Å². The summed E-state index contributed by atoms with van der Waals surface area (Å²) in [5, 5.41) is 5.55. The van der Waals surface area contributed by atoms with E-state index < -0.39 is 5.82 Å². The highest BCUT2D eigenvalue weighted by Crippen LogP contribution is 2.22. The lowest BCUT2D eigenvalue weighted by Gasteiger charge is -2.11. The highest BCUT2D eigenvalue weighted by Gasteiger charge is 2.07. The van der Waals surface area contributed by atoms with Crippen molar-refractivity contribution in [1.29, 1.82) is 0 Å². The van der Waals surface area contributed by atoms with Gasteiger partial charge in [0.2, 0.25) is 0 Å². The molecule has 2 N–H and O–H groups in total. The summed E-state index contributed by atoms with van der Waals surface area (Å²) < 4.78 is 26.6. The van der Waals surface area contributed by atoms with Crippen molar-refractivity contribution in [3.05, 3.63) is 59.1 Å². The molecule has 2 rings (SSSR count). The van der Waals surface area contributed by atoms with Gasteiger partial charge in [-0.2, -0.15) is 0 Å². The molecule has 0 amide bonds. The summed E-state index contributed by atoms with van der Waals surface area (Å²) >= 11 is 10.7. The summed E-state index contributed by atoms with van der Waals surface area (Å²) in [6.07, 6.45) is 0. The molecular formula is C13H9ClF2N2S. The number of hydrogen-bond acceptors (Lipinski definition) is 1. The Morgan fingerprint density at radius 1 is 1.05 bits per heavy atom. The van der Waals surface area contributed by atoms with E-state index in [9.17, 15) is 8.78 Å². The molecule has 2 aromatic carbocycles. The second-order valence-corrected chi connectivity index (χ2v) is 4.51. The Hall–Kier alpha value is -1.72. The van der Waals surface area contributed by atoms with Gasteiger partial charge >= 0.3 is 0 Å². The molecule has 0 bridgehead atoms. The van der Waals surface area contributed by atoms with Gasteiger partial charge in [0, 0.05) is 5.69 Å². The van der Waals surface area contributed by atoms with Crippen LogP contribution < -0.4 is 10.6 Å². The Morgan fingerprint density at radius 3 is 2.53 bits per heavy atom. The van der Waals surface area contributed by atoms with Crippen molar-refractivity contribution in [3.63, 3.8) is 0 Å². The monoisotopic (exact) mass is 298 g/mol. The van der Waals surface area contributed by atoms with Crippen LogP contribution in [0.1, 0.15) is 0 Å². The molecule has 0 saturated carbocycles.